The molecule has 164 valence electrons. The van der Waals surface area contributed by atoms with Crippen LogP contribution in [-0.2, 0) is 20.2 Å². The predicted molar refractivity (Wildman–Crippen MR) is 113 cm³/mol. The molecule has 9 heteroatoms. The molecule has 0 amide bonds. The number of benzene rings is 2. The lowest BCUT2D eigenvalue weighted by molar-refractivity contribution is 0.0697. The quantitative estimate of drug-likeness (QED) is 0.577. The summed E-state index contributed by atoms with van der Waals surface area (Å²) in [5.41, 5.74) is 0.457. The number of methoxy groups -OCH3 is 2. The highest BCUT2D eigenvalue weighted by molar-refractivity contribution is 7.92. The second-order valence-electron chi connectivity index (χ2n) is 7.57. The summed E-state index contributed by atoms with van der Waals surface area (Å²) in [5, 5.41) is 9.53. The summed E-state index contributed by atoms with van der Waals surface area (Å²) in [6.45, 7) is 6.55. The molecule has 0 saturated heterocycles. The van der Waals surface area contributed by atoms with E-state index in [2.05, 4.69) is 4.72 Å². The first kappa shape index (κ1) is 23.5. The summed E-state index contributed by atoms with van der Waals surface area (Å²) in [4.78, 5) is 11.7. The van der Waals surface area contributed by atoms with Crippen molar-refractivity contribution in [2.45, 2.75) is 31.1 Å². The minimum absolute atomic E-state index is 0.0181. The van der Waals surface area contributed by atoms with Crippen LogP contribution in [0.3, 0.4) is 0 Å². The van der Waals surface area contributed by atoms with Gasteiger partial charge in [0.05, 0.1) is 29.9 Å². The number of nitrogens with one attached hydrogen (secondary N) is 1. The third-order valence-corrected chi connectivity index (χ3v) is 5.74. The van der Waals surface area contributed by atoms with Crippen LogP contribution in [0.2, 0.25) is 0 Å². The smallest absolute Gasteiger partial charge is 0.337 e. The monoisotopic (exact) mass is 437 g/mol. The number of carboxylic acid groups (broad SMARTS) is 1. The highest BCUT2D eigenvalue weighted by atomic mass is 32.2. The summed E-state index contributed by atoms with van der Waals surface area (Å²) in [5.74, 6) is -0.946. The van der Waals surface area contributed by atoms with Crippen LogP contribution >= 0.6 is 0 Å². The topological polar surface area (TPSA) is 111 Å². The van der Waals surface area contributed by atoms with Crippen molar-refractivity contribution in [3.63, 3.8) is 0 Å². The lowest BCUT2D eigenvalue weighted by atomic mass is 9.87. The van der Waals surface area contributed by atoms with Crippen LogP contribution in [0.4, 0.5) is 5.69 Å². The van der Waals surface area contributed by atoms with Gasteiger partial charge in [-0.1, -0.05) is 32.9 Å². The number of carboxylic acids is 1. The average molecular weight is 438 g/mol. The Morgan fingerprint density at radius 1 is 1.03 bits per heavy atom. The standard InChI is InChI=1S/C21H27NO7S/c1-21(2,3)14-6-8-15(9-7-14)30(25,26)22-17-13-19(29-11-10-27-4)18(28-5)12-16(17)20(23)24/h6-9,12-13,22H,10-11H2,1-5H3,(H,23,24). The second-order valence-corrected chi connectivity index (χ2v) is 9.26. The first-order valence-corrected chi connectivity index (χ1v) is 10.7. The van der Waals surface area contributed by atoms with Crippen LogP contribution in [0, 0.1) is 0 Å². The molecule has 2 N–H and O–H groups in total. The zero-order chi connectivity index (χ0) is 22.5. The van der Waals surface area contributed by atoms with E-state index in [0.29, 0.717) is 6.61 Å². The Labute approximate surface area is 176 Å². The fourth-order valence-electron chi connectivity index (χ4n) is 2.67. The van der Waals surface area contributed by atoms with Crippen LogP contribution in [0.25, 0.3) is 0 Å². The Morgan fingerprint density at radius 3 is 2.17 bits per heavy atom. The van der Waals surface area contributed by atoms with Crippen molar-refractivity contribution in [2.75, 3.05) is 32.2 Å². The van der Waals surface area contributed by atoms with E-state index < -0.39 is 16.0 Å². The van der Waals surface area contributed by atoms with Gasteiger partial charge < -0.3 is 19.3 Å². The summed E-state index contributed by atoms with van der Waals surface area (Å²) < 4.78 is 43.7. The molecule has 2 aromatic rings. The molecular formula is C21H27NO7S. The molecule has 0 fully saturated rings. The fraction of sp³-hybridized carbons (Fsp3) is 0.381. The van der Waals surface area contributed by atoms with E-state index in [1.54, 1.807) is 12.1 Å². The van der Waals surface area contributed by atoms with Gasteiger partial charge in [-0.15, -0.1) is 0 Å². The first-order valence-electron chi connectivity index (χ1n) is 9.20. The maximum Gasteiger partial charge on any atom is 0.337 e. The van der Waals surface area contributed by atoms with E-state index in [0.717, 1.165) is 5.56 Å². The minimum atomic E-state index is -4.03. The molecule has 0 bridgehead atoms. The summed E-state index contributed by atoms with van der Waals surface area (Å²) in [6.07, 6.45) is 0. The third-order valence-electron chi connectivity index (χ3n) is 4.35. The number of anilines is 1. The molecule has 0 aliphatic rings. The highest BCUT2D eigenvalue weighted by Crippen LogP contribution is 2.35. The summed E-state index contributed by atoms with van der Waals surface area (Å²) in [7, 11) is -1.15. The van der Waals surface area contributed by atoms with Crippen molar-refractivity contribution in [2.24, 2.45) is 0 Å². The van der Waals surface area contributed by atoms with E-state index >= 15 is 0 Å². The lowest BCUT2D eigenvalue weighted by Crippen LogP contribution is -2.17. The van der Waals surface area contributed by atoms with Crippen LogP contribution in [0.15, 0.2) is 41.3 Å². The number of aromatic carboxylic acids is 1. The minimum Gasteiger partial charge on any atom is -0.493 e. The molecule has 2 rings (SSSR count). The van der Waals surface area contributed by atoms with Crippen LogP contribution in [0.1, 0.15) is 36.7 Å². The predicted octanol–water partition coefficient (Wildman–Crippen LogP) is 3.52. The van der Waals surface area contributed by atoms with Gasteiger partial charge in [0, 0.05) is 19.2 Å². The number of hydrogen-bond donors (Lipinski definition) is 2. The largest absolute Gasteiger partial charge is 0.493 e. The van der Waals surface area contributed by atoms with Gasteiger partial charge in [-0.25, -0.2) is 13.2 Å². The number of rotatable bonds is 9. The summed E-state index contributed by atoms with van der Waals surface area (Å²) in [6, 6.07) is 8.95. The normalized spacial score (nSPS) is 11.8. The Kier molecular flexibility index (Phi) is 7.33. The zero-order valence-electron chi connectivity index (χ0n) is 17.7. The van der Waals surface area contributed by atoms with Crippen LogP contribution < -0.4 is 14.2 Å². The SMILES string of the molecule is COCCOc1cc(NS(=O)(=O)c2ccc(C(C)(C)C)cc2)c(C(=O)O)cc1OC. The van der Waals surface area contributed by atoms with E-state index in [4.69, 9.17) is 14.2 Å². The van der Waals surface area contributed by atoms with Crippen molar-refractivity contribution in [1.82, 2.24) is 0 Å². The Morgan fingerprint density at radius 2 is 1.67 bits per heavy atom. The molecule has 0 saturated carbocycles. The molecule has 0 spiro atoms. The molecule has 0 aromatic heterocycles. The van der Waals surface area contributed by atoms with Crippen molar-refractivity contribution in [1.29, 1.82) is 0 Å². The Hall–Kier alpha value is -2.78. The third kappa shape index (κ3) is 5.64. The number of sulfonamides is 1. The molecule has 8 nitrogen and oxygen atoms in total. The van der Waals surface area contributed by atoms with Crippen molar-refractivity contribution < 1.29 is 32.5 Å². The zero-order valence-corrected chi connectivity index (χ0v) is 18.5. The van der Waals surface area contributed by atoms with Gasteiger partial charge in [0.2, 0.25) is 0 Å². The number of hydrogen-bond acceptors (Lipinski definition) is 6. The van der Waals surface area contributed by atoms with Crippen LogP contribution in [-0.4, -0.2) is 46.9 Å². The molecule has 0 unspecified atom stereocenters. The molecule has 2 aromatic carbocycles. The van der Waals surface area contributed by atoms with Gasteiger partial charge in [0.1, 0.15) is 6.61 Å². The molecule has 0 aliphatic carbocycles. The van der Waals surface area contributed by atoms with Gasteiger partial charge in [-0.3, -0.25) is 4.72 Å². The van der Waals surface area contributed by atoms with Gasteiger partial charge >= 0.3 is 5.97 Å². The van der Waals surface area contributed by atoms with Gasteiger partial charge in [-0.2, -0.15) is 0 Å². The van der Waals surface area contributed by atoms with E-state index in [1.165, 1.54) is 38.5 Å². The van der Waals surface area contributed by atoms with E-state index in [9.17, 15) is 18.3 Å². The fourth-order valence-corrected chi connectivity index (χ4v) is 3.74. The highest BCUT2D eigenvalue weighted by Gasteiger charge is 2.23. The van der Waals surface area contributed by atoms with E-state index in [1.807, 2.05) is 20.8 Å². The average Bonchev–Trinajstić information content (AvgIpc) is 2.67. The lowest BCUT2D eigenvalue weighted by Gasteiger charge is -2.19. The molecule has 30 heavy (non-hydrogen) atoms. The molecular weight excluding hydrogens is 410 g/mol. The number of ether oxygens (including phenoxy) is 3. The maximum atomic E-state index is 12.9. The second kappa shape index (κ2) is 9.36. The number of carbonyl (C=O) groups is 1. The molecule has 0 atom stereocenters. The molecule has 0 radical (unpaired) electrons. The van der Waals surface area contributed by atoms with E-state index in [-0.39, 0.29) is 39.7 Å². The molecule has 0 heterocycles. The van der Waals surface area contributed by atoms with Gasteiger partial charge in [-0.05, 0) is 23.1 Å². The molecule has 0 aliphatic heterocycles. The van der Waals surface area contributed by atoms with Crippen molar-refractivity contribution in [3.05, 3.63) is 47.5 Å². The van der Waals surface area contributed by atoms with Crippen LogP contribution in [0.5, 0.6) is 11.5 Å². The maximum absolute atomic E-state index is 12.9. The van der Waals surface area contributed by atoms with Crippen molar-refractivity contribution in [3.8, 4) is 11.5 Å². The van der Waals surface area contributed by atoms with Crippen molar-refractivity contribution >= 4 is 21.7 Å². The first-order chi connectivity index (χ1) is 14.0. The van der Waals surface area contributed by atoms with Gasteiger partial charge in [0.25, 0.3) is 10.0 Å². The summed E-state index contributed by atoms with van der Waals surface area (Å²) >= 11 is 0. The van der Waals surface area contributed by atoms with Gasteiger partial charge in [0.15, 0.2) is 11.5 Å². The Balaban J connectivity index is 2.43. The Bertz CT molecular complexity index is 993.